The third-order valence-electron chi connectivity index (χ3n) is 4.33. The fourth-order valence-electron chi connectivity index (χ4n) is 3.20. The summed E-state index contributed by atoms with van der Waals surface area (Å²) >= 11 is 0. The van der Waals surface area contributed by atoms with Crippen LogP contribution in [0.1, 0.15) is 36.0 Å². The van der Waals surface area contributed by atoms with E-state index in [9.17, 15) is 9.50 Å². The first-order valence-electron chi connectivity index (χ1n) is 7.30. The lowest BCUT2D eigenvalue weighted by atomic mass is 9.82. The van der Waals surface area contributed by atoms with Crippen LogP contribution in [0.5, 0.6) is 5.75 Å². The van der Waals surface area contributed by atoms with E-state index in [0.29, 0.717) is 12.0 Å². The Balaban J connectivity index is 2.13. The Labute approximate surface area is 124 Å². The van der Waals surface area contributed by atoms with Gasteiger partial charge in [0.1, 0.15) is 5.60 Å². The van der Waals surface area contributed by atoms with E-state index in [1.165, 1.54) is 13.2 Å². The largest absolute Gasteiger partial charge is 0.494 e. The summed E-state index contributed by atoms with van der Waals surface area (Å²) in [7, 11) is 1.44. The van der Waals surface area contributed by atoms with Crippen LogP contribution in [0.4, 0.5) is 4.39 Å². The fraction of sp³-hybridized carbons (Fsp3) is 0.333. The number of halogens is 1. The average Bonchev–Trinajstić information content (AvgIpc) is 2.68. The first kappa shape index (κ1) is 14.1. The number of rotatable bonds is 2. The second-order valence-corrected chi connectivity index (χ2v) is 5.57. The van der Waals surface area contributed by atoms with Crippen molar-refractivity contribution in [1.82, 2.24) is 0 Å². The van der Waals surface area contributed by atoms with E-state index >= 15 is 0 Å². The lowest BCUT2D eigenvalue weighted by molar-refractivity contribution is 0.0700. The molecule has 0 saturated carbocycles. The molecule has 0 aromatic heterocycles. The summed E-state index contributed by atoms with van der Waals surface area (Å²) in [5.41, 5.74) is 1.51. The summed E-state index contributed by atoms with van der Waals surface area (Å²) in [5.74, 6) is -0.241. The molecule has 1 aliphatic carbocycles. The van der Waals surface area contributed by atoms with E-state index in [0.717, 1.165) is 30.4 Å². The van der Waals surface area contributed by atoms with Crippen LogP contribution in [0.2, 0.25) is 0 Å². The Kier molecular flexibility index (Phi) is 3.68. The Morgan fingerprint density at radius 3 is 2.71 bits per heavy atom. The molecule has 0 bridgehead atoms. The maximum Gasteiger partial charge on any atom is 0.165 e. The van der Waals surface area contributed by atoms with Gasteiger partial charge >= 0.3 is 0 Å². The van der Waals surface area contributed by atoms with E-state index in [-0.39, 0.29) is 5.75 Å². The zero-order valence-electron chi connectivity index (χ0n) is 12.1. The second kappa shape index (κ2) is 5.49. The maximum absolute atomic E-state index is 14.0. The van der Waals surface area contributed by atoms with Gasteiger partial charge in [-0.25, -0.2) is 4.39 Å². The molecule has 3 heteroatoms. The number of aliphatic hydroxyl groups is 1. The van der Waals surface area contributed by atoms with Gasteiger partial charge in [0, 0.05) is 0 Å². The molecule has 0 fully saturated rings. The predicted octanol–water partition coefficient (Wildman–Crippen LogP) is 3.80. The van der Waals surface area contributed by atoms with Gasteiger partial charge < -0.3 is 9.84 Å². The van der Waals surface area contributed by atoms with Gasteiger partial charge in [-0.05, 0) is 54.5 Å². The number of benzene rings is 2. The van der Waals surface area contributed by atoms with Crippen molar-refractivity contribution in [2.75, 3.05) is 7.11 Å². The van der Waals surface area contributed by atoms with E-state index < -0.39 is 11.4 Å². The molecule has 1 atom stereocenters. The highest BCUT2D eigenvalue weighted by molar-refractivity contribution is 5.43. The smallest absolute Gasteiger partial charge is 0.165 e. The summed E-state index contributed by atoms with van der Waals surface area (Å²) in [6.07, 6.45) is 3.52. The van der Waals surface area contributed by atoms with Crippen LogP contribution in [0.3, 0.4) is 0 Å². The summed E-state index contributed by atoms with van der Waals surface area (Å²) in [6, 6.07) is 12.6. The molecule has 110 valence electrons. The molecule has 21 heavy (non-hydrogen) atoms. The molecule has 0 amide bonds. The minimum atomic E-state index is -1.12. The molecule has 2 aromatic carbocycles. The fourth-order valence-corrected chi connectivity index (χ4v) is 3.20. The lowest BCUT2D eigenvalue weighted by Crippen LogP contribution is -2.27. The van der Waals surface area contributed by atoms with Crippen LogP contribution in [-0.2, 0) is 12.0 Å². The van der Waals surface area contributed by atoms with Crippen molar-refractivity contribution in [3.63, 3.8) is 0 Å². The van der Waals surface area contributed by atoms with Crippen LogP contribution in [0, 0.1) is 5.82 Å². The van der Waals surface area contributed by atoms with Crippen molar-refractivity contribution >= 4 is 0 Å². The molecule has 0 spiro atoms. The molecule has 2 nitrogen and oxygen atoms in total. The number of fused-ring (bicyclic) bond motifs is 1. The van der Waals surface area contributed by atoms with Gasteiger partial charge in [0.2, 0.25) is 0 Å². The summed E-state index contributed by atoms with van der Waals surface area (Å²) in [6.45, 7) is 0. The SMILES string of the molecule is COc1ccc(C2(O)CCCCc3ccccc32)cc1F. The molecule has 2 aromatic rings. The van der Waals surface area contributed by atoms with Gasteiger partial charge in [0.15, 0.2) is 11.6 Å². The second-order valence-electron chi connectivity index (χ2n) is 5.57. The third-order valence-corrected chi connectivity index (χ3v) is 4.33. The number of methoxy groups -OCH3 is 1. The molecule has 0 aliphatic heterocycles. The predicted molar refractivity (Wildman–Crippen MR) is 79.9 cm³/mol. The molecule has 0 saturated heterocycles. The van der Waals surface area contributed by atoms with Crippen LogP contribution in [0.25, 0.3) is 0 Å². The van der Waals surface area contributed by atoms with Crippen LogP contribution < -0.4 is 4.74 Å². The van der Waals surface area contributed by atoms with Crippen molar-refractivity contribution in [3.8, 4) is 5.75 Å². The highest BCUT2D eigenvalue weighted by atomic mass is 19.1. The van der Waals surface area contributed by atoms with Crippen LogP contribution in [-0.4, -0.2) is 12.2 Å². The Morgan fingerprint density at radius 1 is 1.14 bits per heavy atom. The lowest BCUT2D eigenvalue weighted by Gasteiger charge is -2.30. The molecule has 1 N–H and O–H groups in total. The van der Waals surface area contributed by atoms with E-state index in [1.807, 2.05) is 24.3 Å². The summed E-state index contributed by atoms with van der Waals surface area (Å²) in [4.78, 5) is 0. The van der Waals surface area contributed by atoms with Crippen molar-refractivity contribution in [3.05, 3.63) is 65.0 Å². The number of hydrogen-bond donors (Lipinski definition) is 1. The molecule has 1 unspecified atom stereocenters. The molecule has 0 radical (unpaired) electrons. The van der Waals surface area contributed by atoms with E-state index in [1.54, 1.807) is 12.1 Å². The van der Waals surface area contributed by atoms with Gasteiger partial charge in [-0.15, -0.1) is 0 Å². The normalized spacial score (nSPS) is 21.5. The Morgan fingerprint density at radius 2 is 1.95 bits per heavy atom. The summed E-state index contributed by atoms with van der Waals surface area (Å²) < 4.78 is 19.0. The topological polar surface area (TPSA) is 29.5 Å². The first-order valence-corrected chi connectivity index (χ1v) is 7.30. The number of aryl methyl sites for hydroxylation is 1. The van der Waals surface area contributed by atoms with Gasteiger partial charge in [-0.3, -0.25) is 0 Å². The summed E-state index contributed by atoms with van der Waals surface area (Å²) in [5, 5.41) is 11.3. The molecule has 3 rings (SSSR count). The first-order chi connectivity index (χ1) is 10.1. The molecule has 1 aliphatic rings. The van der Waals surface area contributed by atoms with Crippen molar-refractivity contribution in [1.29, 1.82) is 0 Å². The van der Waals surface area contributed by atoms with Gasteiger partial charge in [-0.2, -0.15) is 0 Å². The molecular weight excluding hydrogens is 267 g/mol. The molecule has 0 heterocycles. The van der Waals surface area contributed by atoms with E-state index in [4.69, 9.17) is 4.74 Å². The Hall–Kier alpha value is -1.87. The Bertz CT molecular complexity index is 653. The monoisotopic (exact) mass is 286 g/mol. The van der Waals surface area contributed by atoms with Gasteiger partial charge in [-0.1, -0.05) is 30.3 Å². The standard InChI is InChI=1S/C18H19FO2/c1-21-17-10-9-14(12-16(17)19)18(20)11-5-4-7-13-6-2-3-8-15(13)18/h2-3,6,8-10,12,20H,4-5,7,11H2,1H3. The van der Waals surface area contributed by atoms with Gasteiger partial charge in [0.25, 0.3) is 0 Å². The minimum absolute atomic E-state index is 0.198. The number of ether oxygens (including phenoxy) is 1. The number of hydrogen-bond acceptors (Lipinski definition) is 2. The van der Waals surface area contributed by atoms with Crippen molar-refractivity contribution in [2.45, 2.75) is 31.3 Å². The van der Waals surface area contributed by atoms with Crippen LogP contribution in [0.15, 0.2) is 42.5 Å². The third kappa shape index (κ3) is 2.42. The van der Waals surface area contributed by atoms with Gasteiger partial charge in [0.05, 0.1) is 7.11 Å². The highest BCUT2D eigenvalue weighted by Crippen LogP contribution is 2.40. The zero-order chi connectivity index (χ0) is 14.9. The highest BCUT2D eigenvalue weighted by Gasteiger charge is 2.35. The molecular formula is C18H19FO2. The quantitative estimate of drug-likeness (QED) is 0.851. The zero-order valence-corrected chi connectivity index (χ0v) is 12.1. The average molecular weight is 286 g/mol. The van der Waals surface area contributed by atoms with Crippen molar-refractivity contribution in [2.24, 2.45) is 0 Å². The van der Waals surface area contributed by atoms with Crippen molar-refractivity contribution < 1.29 is 14.2 Å². The van der Waals surface area contributed by atoms with E-state index in [2.05, 4.69) is 0 Å². The van der Waals surface area contributed by atoms with Crippen LogP contribution >= 0.6 is 0 Å². The minimum Gasteiger partial charge on any atom is -0.494 e. The maximum atomic E-state index is 14.0.